The number of aliphatic hydroxyl groups is 2. The fourth-order valence-corrected chi connectivity index (χ4v) is 14.9. The Kier molecular flexibility index (Phi) is 8.70. The smallest absolute Gasteiger partial charge is 0.303 e. The molecule has 5 aliphatic carbocycles. The van der Waals surface area contributed by atoms with E-state index in [-0.39, 0.29) is 69.4 Å². The van der Waals surface area contributed by atoms with Crippen LogP contribution in [0.1, 0.15) is 120 Å². The lowest BCUT2D eigenvalue weighted by Crippen LogP contribution is -2.60. The van der Waals surface area contributed by atoms with Crippen LogP contribution in [0.4, 0.5) is 0 Å². The van der Waals surface area contributed by atoms with Crippen LogP contribution in [0.5, 0.6) is 0 Å². The first-order chi connectivity index (χ1) is 23.9. The van der Waals surface area contributed by atoms with Gasteiger partial charge in [0, 0.05) is 25.4 Å². The molecule has 10 heteroatoms. The summed E-state index contributed by atoms with van der Waals surface area (Å²) in [6, 6.07) is -0.0813. The van der Waals surface area contributed by atoms with Gasteiger partial charge in [-0.1, -0.05) is 34.6 Å². The van der Waals surface area contributed by atoms with Gasteiger partial charge in [0.2, 0.25) is 5.91 Å². The molecule has 288 valence electrons. The maximum Gasteiger partial charge on any atom is 0.303 e. The SMILES string of the molecule is CC(=O)O[C@@H]([C@H]1CC(C)C2[C@H](O1)[C@H](O)[C@@]1(C)[C@@H]3CC[C@H]4C(C)(C)[C@@H](O[C@H]5CN([C@@H]6CCCNC6=O)CCO5)CC[C@@]45C[C@@]35CC[C@]21C)C(C)(C)O. The topological polar surface area (TPSA) is 127 Å². The molecule has 0 bridgehead atoms. The highest BCUT2D eigenvalue weighted by molar-refractivity contribution is 5.82. The van der Waals surface area contributed by atoms with E-state index >= 15 is 0 Å². The molecule has 1 amide bonds. The molecule has 15 atom stereocenters. The number of esters is 1. The summed E-state index contributed by atoms with van der Waals surface area (Å²) < 4.78 is 25.7. The van der Waals surface area contributed by atoms with Gasteiger partial charge in [-0.3, -0.25) is 14.5 Å². The van der Waals surface area contributed by atoms with Gasteiger partial charge >= 0.3 is 5.97 Å². The van der Waals surface area contributed by atoms with Crippen molar-refractivity contribution in [3.63, 3.8) is 0 Å². The number of fused-ring (bicyclic) bond motifs is 4. The van der Waals surface area contributed by atoms with Gasteiger partial charge in [0.15, 0.2) is 12.4 Å². The van der Waals surface area contributed by atoms with E-state index < -0.39 is 29.9 Å². The van der Waals surface area contributed by atoms with Crippen molar-refractivity contribution in [3.05, 3.63) is 0 Å². The van der Waals surface area contributed by atoms with Gasteiger partial charge in [-0.2, -0.15) is 0 Å². The number of carbonyl (C=O) groups is 2. The Bertz CT molecular complexity index is 1400. The number of nitrogens with zero attached hydrogens (tertiary/aromatic N) is 1. The predicted octanol–water partition coefficient (Wildman–Crippen LogP) is 4.82. The average molecular weight is 715 g/mol. The third-order valence-corrected chi connectivity index (χ3v) is 17.2. The number of nitrogens with one attached hydrogen (secondary N) is 1. The monoisotopic (exact) mass is 714 g/mol. The molecule has 3 N–H and O–H groups in total. The summed E-state index contributed by atoms with van der Waals surface area (Å²) in [6.07, 6.45) is 8.10. The summed E-state index contributed by atoms with van der Waals surface area (Å²) in [7, 11) is 0. The molecule has 3 aliphatic heterocycles. The number of hydrogen-bond acceptors (Lipinski definition) is 9. The highest BCUT2D eigenvalue weighted by Crippen LogP contribution is 2.89. The fraction of sp³-hybridized carbons (Fsp3) is 0.951. The van der Waals surface area contributed by atoms with Crippen LogP contribution >= 0.6 is 0 Å². The minimum Gasteiger partial charge on any atom is -0.457 e. The molecule has 0 aromatic heterocycles. The molecular weight excluding hydrogens is 648 g/mol. The van der Waals surface area contributed by atoms with E-state index in [0.29, 0.717) is 31.4 Å². The first kappa shape index (κ1) is 36.7. The number of piperidine rings is 1. The van der Waals surface area contributed by atoms with Crippen molar-refractivity contribution in [1.29, 1.82) is 0 Å². The summed E-state index contributed by atoms with van der Waals surface area (Å²) >= 11 is 0. The maximum absolute atomic E-state index is 12.7. The summed E-state index contributed by atoms with van der Waals surface area (Å²) in [6.45, 7) is 19.5. The van der Waals surface area contributed by atoms with Crippen LogP contribution < -0.4 is 5.32 Å². The third kappa shape index (κ3) is 5.14. The molecule has 3 heterocycles. The standard InChI is InChI=1S/C41H66N2O8/c1-23-20-26(34(37(5,6)47)49-24(2)44)50-32-31(23)38(7)15-16-41-22-40(41)14-13-29(36(3,4)27(40)11-12-28(41)39(38,8)33(32)45)51-30-21-43(18-19-48-30)25-10-9-17-42-35(25)46/h23,25-34,45,47H,9-22H2,1-8H3,(H,42,46)/t23?,25-,26-,27+,28+,29+,30+,31?,32+,33+,34+,38-,39-,40-,41+/m1/s1. The second-order valence-corrected chi connectivity index (χ2v) is 20.1. The minimum atomic E-state index is -1.26. The Hall–Kier alpha value is -1.30. The van der Waals surface area contributed by atoms with Crippen LogP contribution in [0, 0.1) is 50.7 Å². The number of amides is 1. The molecule has 0 aromatic rings. The summed E-state index contributed by atoms with van der Waals surface area (Å²) in [5.74, 6) is 1.14. The van der Waals surface area contributed by atoms with Crippen LogP contribution in [0.15, 0.2) is 0 Å². The van der Waals surface area contributed by atoms with Crippen LogP contribution in [0.3, 0.4) is 0 Å². The molecule has 8 aliphatic rings. The number of rotatable bonds is 6. The van der Waals surface area contributed by atoms with Gasteiger partial charge < -0.3 is 34.5 Å². The second-order valence-electron chi connectivity index (χ2n) is 20.1. The molecule has 8 rings (SSSR count). The van der Waals surface area contributed by atoms with Crippen molar-refractivity contribution in [2.24, 2.45) is 50.7 Å². The first-order valence-corrected chi connectivity index (χ1v) is 20.4. The Morgan fingerprint density at radius 1 is 1.06 bits per heavy atom. The predicted molar refractivity (Wildman–Crippen MR) is 190 cm³/mol. The molecule has 10 nitrogen and oxygen atoms in total. The van der Waals surface area contributed by atoms with Crippen molar-refractivity contribution >= 4 is 11.9 Å². The van der Waals surface area contributed by atoms with Crippen LogP contribution in [0.2, 0.25) is 0 Å². The normalized spacial score (nSPS) is 51.1. The van der Waals surface area contributed by atoms with Crippen LogP contribution in [-0.2, 0) is 28.5 Å². The number of ether oxygens (including phenoxy) is 4. The van der Waals surface area contributed by atoms with Crippen molar-refractivity contribution in [2.75, 3.05) is 26.2 Å². The van der Waals surface area contributed by atoms with E-state index in [1.807, 2.05) is 0 Å². The largest absolute Gasteiger partial charge is 0.457 e. The average Bonchev–Trinajstić information content (AvgIpc) is 3.69. The van der Waals surface area contributed by atoms with Gasteiger partial charge in [-0.05, 0) is 123 Å². The molecule has 3 saturated heterocycles. The maximum atomic E-state index is 12.7. The Labute approximate surface area is 305 Å². The molecule has 8 fully saturated rings. The van der Waals surface area contributed by atoms with E-state index in [9.17, 15) is 19.8 Å². The zero-order valence-corrected chi connectivity index (χ0v) is 32.5. The van der Waals surface area contributed by atoms with Gasteiger partial charge in [0.1, 0.15) is 0 Å². The molecule has 0 radical (unpaired) electrons. The first-order valence-electron chi connectivity index (χ1n) is 20.4. The Balaban J connectivity index is 1.01. The minimum absolute atomic E-state index is 0.0157. The lowest BCUT2D eigenvalue weighted by atomic mass is 9.41. The molecule has 51 heavy (non-hydrogen) atoms. The third-order valence-electron chi connectivity index (χ3n) is 17.2. The lowest BCUT2D eigenvalue weighted by Gasteiger charge is -2.64. The summed E-state index contributed by atoms with van der Waals surface area (Å²) in [4.78, 5) is 27.1. The lowest BCUT2D eigenvalue weighted by molar-refractivity contribution is -0.251. The van der Waals surface area contributed by atoms with E-state index in [4.69, 9.17) is 18.9 Å². The van der Waals surface area contributed by atoms with Gasteiger partial charge in [0.25, 0.3) is 0 Å². The van der Waals surface area contributed by atoms with E-state index in [0.717, 1.165) is 58.0 Å². The molecular formula is C41H66N2O8. The van der Waals surface area contributed by atoms with Crippen LogP contribution in [-0.4, -0.2) is 102 Å². The Morgan fingerprint density at radius 2 is 1.78 bits per heavy atom. The summed E-state index contributed by atoms with van der Waals surface area (Å²) in [5, 5.41) is 26.7. The van der Waals surface area contributed by atoms with Crippen molar-refractivity contribution in [2.45, 2.75) is 168 Å². The van der Waals surface area contributed by atoms with Gasteiger partial charge in [-0.15, -0.1) is 0 Å². The second kappa shape index (κ2) is 12.1. The van der Waals surface area contributed by atoms with Gasteiger partial charge in [0.05, 0.1) is 49.2 Å². The zero-order valence-electron chi connectivity index (χ0n) is 32.5. The van der Waals surface area contributed by atoms with Crippen molar-refractivity contribution in [1.82, 2.24) is 10.2 Å². The quantitative estimate of drug-likeness (QED) is 0.332. The molecule has 2 unspecified atom stereocenters. The van der Waals surface area contributed by atoms with E-state index in [2.05, 4.69) is 44.8 Å². The Morgan fingerprint density at radius 3 is 2.49 bits per heavy atom. The van der Waals surface area contributed by atoms with E-state index in [1.54, 1.807) is 13.8 Å². The fourth-order valence-electron chi connectivity index (χ4n) is 14.9. The molecule has 5 saturated carbocycles. The zero-order chi connectivity index (χ0) is 36.5. The molecule has 2 spiro atoms. The number of hydrogen-bond donors (Lipinski definition) is 3. The van der Waals surface area contributed by atoms with Crippen molar-refractivity contribution in [3.8, 4) is 0 Å². The summed E-state index contributed by atoms with van der Waals surface area (Å²) in [5.41, 5.74) is -1.16. The van der Waals surface area contributed by atoms with Crippen LogP contribution in [0.25, 0.3) is 0 Å². The highest BCUT2D eigenvalue weighted by Gasteiger charge is 2.84. The van der Waals surface area contributed by atoms with E-state index in [1.165, 1.54) is 19.8 Å². The van der Waals surface area contributed by atoms with Crippen molar-refractivity contribution < 1.29 is 38.7 Å². The number of carbonyl (C=O) groups excluding carboxylic acids is 2. The molecule has 0 aromatic carbocycles. The number of aliphatic hydroxyl groups excluding tert-OH is 1. The highest BCUT2D eigenvalue weighted by atomic mass is 16.7. The number of morpholine rings is 1. The van der Waals surface area contributed by atoms with Gasteiger partial charge in [-0.25, -0.2) is 0 Å².